The first-order valence-electron chi connectivity index (χ1n) is 6.79. The summed E-state index contributed by atoms with van der Waals surface area (Å²) < 4.78 is 4.78. The van der Waals surface area contributed by atoms with Gasteiger partial charge in [-0.25, -0.2) is 9.78 Å². The molecule has 0 amide bonds. The number of aromatic nitrogens is 2. The number of hydrogen-bond acceptors (Lipinski definition) is 5. The summed E-state index contributed by atoms with van der Waals surface area (Å²) in [5.41, 5.74) is -0.237. The van der Waals surface area contributed by atoms with Gasteiger partial charge in [0, 0.05) is 12.0 Å². The molecule has 0 aromatic carbocycles. The molecule has 0 bridgehead atoms. The Morgan fingerprint density at radius 2 is 2.05 bits per heavy atom. The molecule has 0 aliphatic carbocycles. The van der Waals surface area contributed by atoms with Crippen LogP contribution in [0.1, 0.15) is 45.9 Å². The monoisotopic (exact) mass is 281 g/mol. The molecule has 1 unspecified atom stereocenters. The minimum Gasteiger partial charge on any atom is -0.467 e. The summed E-state index contributed by atoms with van der Waals surface area (Å²) in [6.07, 6.45) is 0.609. The highest BCUT2D eigenvalue weighted by atomic mass is 16.5. The van der Waals surface area contributed by atoms with E-state index in [2.05, 4.69) is 15.3 Å². The van der Waals surface area contributed by atoms with Crippen LogP contribution in [0.4, 0.5) is 5.82 Å². The number of hydrogen-bond donors (Lipinski definition) is 2. The molecule has 0 fully saturated rings. The first-order chi connectivity index (χ1) is 9.33. The molecule has 6 heteroatoms. The van der Waals surface area contributed by atoms with Crippen LogP contribution in [0, 0.1) is 5.92 Å². The van der Waals surface area contributed by atoms with E-state index in [1.807, 2.05) is 27.7 Å². The third-order valence-corrected chi connectivity index (χ3v) is 2.82. The third-order valence-electron chi connectivity index (χ3n) is 2.82. The lowest BCUT2D eigenvalue weighted by atomic mass is 10.0. The zero-order chi connectivity index (χ0) is 15.3. The van der Waals surface area contributed by atoms with Gasteiger partial charge in [0.25, 0.3) is 5.56 Å². The molecule has 0 aliphatic rings. The van der Waals surface area contributed by atoms with Gasteiger partial charge in [-0.15, -0.1) is 0 Å². The standard InChI is InChI=1S/C14H23N3O3/c1-8(2)6-10(14(19)20-5)15-11-7-12(18)17-13(16-11)9(3)4/h7-10H,6H2,1-5H3,(H2,15,16,17,18). The summed E-state index contributed by atoms with van der Waals surface area (Å²) in [6.45, 7) is 7.91. The quantitative estimate of drug-likeness (QED) is 0.778. The Kier molecular flexibility index (Phi) is 5.73. The molecule has 6 nitrogen and oxygen atoms in total. The molecule has 2 N–H and O–H groups in total. The van der Waals surface area contributed by atoms with Gasteiger partial charge in [-0.05, 0) is 12.3 Å². The Hall–Kier alpha value is -1.85. The smallest absolute Gasteiger partial charge is 0.328 e. The fourth-order valence-electron chi connectivity index (χ4n) is 1.83. The average Bonchev–Trinajstić information content (AvgIpc) is 2.35. The second kappa shape index (κ2) is 7.07. The van der Waals surface area contributed by atoms with Crippen LogP contribution in [-0.2, 0) is 9.53 Å². The number of H-pyrrole nitrogens is 1. The SMILES string of the molecule is COC(=O)C(CC(C)C)Nc1cc(=O)[nH]c(C(C)C)n1. The molecule has 112 valence electrons. The second-order valence-corrected chi connectivity index (χ2v) is 5.52. The Labute approximate surface area is 119 Å². The van der Waals surface area contributed by atoms with Crippen LogP contribution in [0.3, 0.4) is 0 Å². The maximum atomic E-state index is 11.8. The van der Waals surface area contributed by atoms with Gasteiger partial charge >= 0.3 is 5.97 Å². The Morgan fingerprint density at radius 3 is 2.55 bits per heavy atom. The van der Waals surface area contributed by atoms with Gasteiger partial charge in [0.15, 0.2) is 0 Å². The highest BCUT2D eigenvalue weighted by Gasteiger charge is 2.21. The number of rotatable bonds is 6. The number of nitrogens with one attached hydrogen (secondary N) is 2. The number of methoxy groups -OCH3 is 1. The number of carbonyl (C=O) groups is 1. The second-order valence-electron chi connectivity index (χ2n) is 5.52. The van der Waals surface area contributed by atoms with Gasteiger partial charge in [-0.1, -0.05) is 27.7 Å². The van der Waals surface area contributed by atoms with Crippen LogP contribution in [0.2, 0.25) is 0 Å². The van der Waals surface area contributed by atoms with Crippen molar-refractivity contribution in [3.63, 3.8) is 0 Å². The van der Waals surface area contributed by atoms with Crippen LogP contribution in [0.15, 0.2) is 10.9 Å². The molecule has 0 saturated heterocycles. The number of esters is 1. The van der Waals surface area contributed by atoms with Crippen molar-refractivity contribution in [2.45, 2.75) is 46.1 Å². The number of aromatic amines is 1. The summed E-state index contributed by atoms with van der Waals surface area (Å²) in [5, 5.41) is 2.99. The predicted molar refractivity (Wildman–Crippen MR) is 77.8 cm³/mol. The summed E-state index contributed by atoms with van der Waals surface area (Å²) in [4.78, 5) is 30.4. The molecule has 1 atom stereocenters. The number of nitrogens with zero attached hydrogens (tertiary/aromatic N) is 1. The lowest BCUT2D eigenvalue weighted by Crippen LogP contribution is -2.33. The van der Waals surface area contributed by atoms with Gasteiger partial charge in [0.05, 0.1) is 7.11 Å². The Balaban J connectivity index is 2.98. The minimum absolute atomic E-state index is 0.103. The highest BCUT2D eigenvalue weighted by Crippen LogP contribution is 2.13. The van der Waals surface area contributed by atoms with Gasteiger partial charge in [0.1, 0.15) is 17.7 Å². The average molecular weight is 281 g/mol. The molecule has 0 aliphatic heterocycles. The molecule has 20 heavy (non-hydrogen) atoms. The summed E-state index contributed by atoms with van der Waals surface area (Å²) in [6, 6.07) is 0.844. The largest absolute Gasteiger partial charge is 0.467 e. The summed E-state index contributed by atoms with van der Waals surface area (Å²) >= 11 is 0. The van der Waals surface area contributed by atoms with Crippen molar-refractivity contribution in [1.82, 2.24) is 9.97 Å². The fraction of sp³-hybridized carbons (Fsp3) is 0.643. The zero-order valence-corrected chi connectivity index (χ0v) is 12.7. The van der Waals surface area contributed by atoms with E-state index < -0.39 is 6.04 Å². The summed E-state index contributed by atoms with van der Waals surface area (Å²) in [7, 11) is 1.35. The number of carbonyl (C=O) groups excluding carboxylic acids is 1. The van der Waals surface area contributed by atoms with Crippen LogP contribution >= 0.6 is 0 Å². The number of ether oxygens (including phenoxy) is 1. The minimum atomic E-state index is -0.505. The van der Waals surface area contributed by atoms with Gasteiger partial charge < -0.3 is 15.0 Å². The van der Waals surface area contributed by atoms with Crippen LogP contribution in [-0.4, -0.2) is 29.1 Å². The maximum Gasteiger partial charge on any atom is 0.328 e. The van der Waals surface area contributed by atoms with Crippen molar-refractivity contribution in [1.29, 1.82) is 0 Å². The predicted octanol–water partition coefficient (Wildman–Crippen LogP) is 1.89. The molecule has 1 aromatic heterocycles. The molecule has 0 saturated carbocycles. The molecule has 0 spiro atoms. The lowest BCUT2D eigenvalue weighted by molar-refractivity contribution is -0.141. The zero-order valence-electron chi connectivity index (χ0n) is 12.7. The van der Waals surface area contributed by atoms with Crippen molar-refractivity contribution in [3.05, 3.63) is 22.2 Å². The van der Waals surface area contributed by atoms with Gasteiger partial charge in [-0.2, -0.15) is 0 Å². The molecule has 0 radical (unpaired) electrons. The first kappa shape index (κ1) is 16.2. The van der Waals surface area contributed by atoms with Gasteiger partial charge in [0.2, 0.25) is 0 Å². The molecular formula is C14H23N3O3. The van der Waals surface area contributed by atoms with E-state index in [-0.39, 0.29) is 17.4 Å². The van der Waals surface area contributed by atoms with E-state index in [9.17, 15) is 9.59 Å². The topological polar surface area (TPSA) is 84.1 Å². The molecule has 1 rings (SSSR count). The van der Waals surface area contributed by atoms with E-state index in [0.29, 0.717) is 24.0 Å². The van der Waals surface area contributed by atoms with Crippen LogP contribution < -0.4 is 10.9 Å². The van der Waals surface area contributed by atoms with E-state index in [4.69, 9.17) is 4.74 Å². The van der Waals surface area contributed by atoms with Gasteiger partial charge in [-0.3, -0.25) is 4.79 Å². The van der Waals surface area contributed by atoms with Crippen molar-refractivity contribution >= 4 is 11.8 Å². The van der Waals surface area contributed by atoms with Crippen molar-refractivity contribution in [2.24, 2.45) is 5.92 Å². The maximum absolute atomic E-state index is 11.8. The van der Waals surface area contributed by atoms with Crippen LogP contribution in [0.5, 0.6) is 0 Å². The molecule has 1 heterocycles. The van der Waals surface area contributed by atoms with E-state index >= 15 is 0 Å². The van der Waals surface area contributed by atoms with Crippen molar-refractivity contribution in [2.75, 3.05) is 12.4 Å². The van der Waals surface area contributed by atoms with Crippen LogP contribution in [0.25, 0.3) is 0 Å². The third kappa shape index (κ3) is 4.68. The normalized spacial score (nSPS) is 12.6. The Morgan fingerprint density at radius 1 is 1.40 bits per heavy atom. The Bertz CT molecular complexity index is 509. The van der Waals surface area contributed by atoms with E-state index in [0.717, 1.165) is 0 Å². The van der Waals surface area contributed by atoms with Crippen molar-refractivity contribution in [3.8, 4) is 0 Å². The summed E-state index contributed by atoms with van der Waals surface area (Å²) in [5.74, 6) is 1.05. The fourth-order valence-corrected chi connectivity index (χ4v) is 1.83. The lowest BCUT2D eigenvalue weighted by Gasteiger charge is -2.19. The number of anilines is 1. The highest BCUT2D eigenvalue weighted by molar-refractivity contribution is 5.78. The van der Waals surface area contributed by atoms with Crippen molar-refractivity contribution < 1.29 is 9.53 Å². The molecular weight excluding hydrogens is 258 g/mol. The van der Waals surface area contributed by atoms with E-state index in [1.54, 1.807) is 0 Å². The first-order valence-corrected chi connectivity index (χ1v) is 6.79. The molecule has 1 aromatic rings. The van der Waals surface area contributed by atoms with E-state index in [1.165, 1.54) is 13.2 Å².